The van der Waals surface area contributed by atoms with Crippen LogP contribution >= 0.6 is 0 Å². The molecule has 12 nitrogen and oxygen atoms in total. The van der Waals surface area contributed by atoms with Crippen molar-refractivity contribution in [2.24, 2.45) is 0 Å². The molecule has 168 valence electrons. The first-order valence-corrected chi connectivity index (χ1v) is 12.0. The first kappa shape index (κ1) is 41.5. The van der Waals surface area contributed by atoms with Gasteiger partial charge < -0.3 is 11.5 Å². The van der Waals surface area contributed by atoms with E-state index in [1.807, 2.05) is 0 Å². The van der Waals surface area contributed by atoms with Crippen LogP contribution in [0.5, 0.6) is 0 Å². The van der Waals surface area contributed by atoms with E-state index in [-0.39, 0.29) is 80.9 Å². The molecule has 0 aliphatic carbocycles. The summed E-state index contributed by atoms with van der Waals surface area (Å²) in [6.45, 7) is 6.12. The predicted octanol–water partition coefficient (Wildman–Crippen LogP) is -3.71. The van der Waals surface area contributed by atoms with E-state index >= 15 is 0 Å². The minimum Gasteiger partial charge on any atom is -0.724 e. The normalized spacial score (nSPS) is 11.0. The van der Waals surface area contributed by atoms with E-state index in [1.54, 1.807) is 0 Å². The summed E-state index contributed by atoms with van der Waals surface area (Å²) in [5.74, 6) is 0. The van der Waals surface area contributed by atoms with E-state index in [9.17, 15) is 21.4 Å². The molecule has 0 saturated carbocycles. The van der Waals surface area contributed by atoms with E-state index in [0.29, 0.717) is 0 Å². The molecule has 0 fully saturated rings. The molecule has 0 amide bonds. The summed E-state index contributed by atoms with van der Waals surface area (Å²) < 4.78 is 91.7. The molecule has 0 radical (unpaired) electrons. The van der Waals surface area contributed by atoms with Crippen LogP contribution < -0.4 is 80.9 Å². The second-order valence-electron chi connectivity index (χ2n) is 5.10. The topological polar surface area (TPSA) is 205 Å². The smallest absolute Gasteiger partial charge is 0.724 e. The molecular formula is C12H28KNaO12S3. The molecule has 0 bridgehead atoms. The van der Waals surface area contributed by atoms with E-state index in [2.05, 4.69) is 22.5 Å². The number of unbranched alkanes of at least 4 members (excludes halogenated alkanes) is 9. The van der Waals surface area contributed by atoms with Crippen LogP contribution in [0.3, 0.4) is 0 Å². The number of rotatable bonds is 12. The van der Waals surface area contributed by atoms with Gasteiger partial charge >= 0.3 is 102 Å². The van der Waals surface area contributed by atoms with Crippen molar-refractivity contribution in [1.29, 1.82) is 0 Å². The second kappa shape index (κ2) is 24.9. The third-order valence-electron chi connectivity index (χ3n) is 2.55. The Hall–Kier alpha value is 2.25. The van der Waals surface area contributed by atoms with Gasteiger partial charge in [-0.15, -0.1) is 0 Å². The zero-order valence-corrected chi connectivity index (χ0v) is 24.6. The molecule has 0 rings (SSSR count). The first-order chi connectivity index (χ1) is 12.1. The fourth-order valence-corrected chi connectivity index (χ4v) is 2.11. The maximum Gasteiger partial charge on any atom is 1.00 e. The van der Waals surface area contributed by atoms with Crippen LogP contribution in [0.4, 0.5) is 0 Å². The van der Waals surface area contributed by atoms with Gasteiger partial charge in [0.05, 0.1) is 0 Å². The summed E-state index contributed by atoms with van der Waals surface area (Å²) in [7, 11) is -15.0. The monoisotopic (exact) mass is 522 g/mol. The fraction of sp³-hybridized carbons (Fsp3) is 0.917. The largest absolute Gasteiger partial charge is 1.00 e. The molecule has 3 N–H and O–H groups in total. The van der Waals surface area contributed by atoms with Crippen molar-refractivity contribution in [2.45, 2.75) is 71.1 Å². The molecule has 0 atom stereocenters. The van der Waals surface area contributed by atoms with E-state index in [1.165, 1.54) is 57.8 Å². The van der Waals surface area contributed by atoms with Gasteiger partial charge in [-0.25, -0.2) is 8.42 Å². The Morgan fingerprint density at radius 2 is 1.07 bits per heavy atom. The van der Waals surface area contributed by atoms with Crippen molar-refractivity contribution in [2.75, 3.05) is 0 Å². The summed E-state index contributed by atoms with van der Waals surface area (Å²) in [5.41, 5.74) is 0. The van der Waals surface area contributed by atoms with Crippen molar-refractivity contribution in [3.05, 3.63) is 6.92 Å². The molecular weight excluding hydrogens is 494 g/mol. The quantitative estimate of drug-likeness (QED) is 0.0431. The summed E-state index contributed by atoms with van der Waals surface area (Å²) in [6.07, 6.45) is 13.9. The van der Waals surface area contributed by atoms with Gasteiger partial charge in [0.2, 0.25) is 10.4 Å². The van der Waals surface area contributed by atoms with Gasteiger partial charge in [0, 0.05) is 0 Å². The van der Waals surface area contributed by atoms with Gasteiger partial charge in [-0.3, -0.25) is 13.7 Å². The minimum absolute atomic E-state index is 0. The average molecular weight is 523 g/mol. The first-order valence-electron chi connectivity index (χ1n) is 7.92. The van der Waals surface area contributed by atoms with Crippen molar-refractivity contribution in [3.8, 4) is 0 Å². The summed E-state index contributed by atoms with van der Waals surface area (Å²) in [5, 5.41) is 0. The second-order valence-corrected chi connectivity index (χ2v) is 7.94. The van der Waals surface area contributed by atoms with Gasteiger partial charge in [0.1, 0.15) is 0 Å². The Bertz CT molecular complexity index is 587. The van der Waals surface area contributed by atoms with E-state index in [4.69, 9.17) is 22.1 Å². The summed E-state index contributed by atoms with van der Waals surface area (Å²) >= 11 is 0. The Balaban J connectivity index is -0.000000103. The van der Waals surface area contributed by atoms with Crippen LogP contribution in [0, 0.1) is 6.92 Å². The Kier molecular flexibility index (Phi) is 35.6. The van der Waals surface area contributed by atoms with Crippen molar-refractivity contribution in [3.63, 3.8) is 0 Å². The zero-order chi connectivity index (χ0) is 22.0. The Labute approximate surface area is 239 Å². The van der Waals surface area contributed by atoms with Crippen molar-refractivity contribution >= 4 is 31.2 Å². The van der Waals surface area contributed by atoms with Crippen LogP contribution in [0.25, 0.3) is 0 Å². The van der Waals surface area contributed by atoms with Crippen LogP contribution in [-0.4, -0.2) is 43.5 Å². The van der Waals surface area contributed by atoms with Gasteiger partial charge in [-0.05, 0) is 0 Å². The van der Waals surface area contributed by atoms with Crippen molar-refractivity contribution in [1.82, 2.24) is 0 Å². The molecule has 0 saturated heterocycles. The third kappa shape index (κ3) is 72.5. The maximum atomic E-state index is 9.48. The molecule has 0 aliphatic heterocycles. The fourth-order valence-electron chi connectivity index (χ4n) is 1.56. The standard InChI is InChI=1S/C12H25.K.Na.H2O8S2.H2O4S/c1-3-5-7-9-11-12-10-8-6-4-2;;;1-9(2,3)7-8-10(4,5)6;1-5(2,3)4/h1,3-12H2,2H3;;;(H,1,2,3)(H,4,5,6);(H2,1,2,3,4)/q-1;2*+1;;/p-1. The van der Waals surface area contributed by atoms with Crippen LogP contribution in [0.2, 0.25) is 0 Å². The van der Waals surface area contributed by atoms with Crippen LogP contribution in [0.15, 0.2) is 0 Å². The van der Waals surface area contributed by atoms with Crippen molar-refractivity contribution < 1.29 is 133 Å². The summed E-state index contributed by atoms with van der Waals surface area (Å²) in [4.78, 5) is 0. The molecule has 0 aromatic heterocycles. The minimum atomic E-state index is -5.27. The average Bonchev–Trinajstić information content (AvgIpc) is 2.46. The maximum absolute atomic E-state index is 9.48. The van der Waals surface area contributed by atoms with Gasteiger partial charge in [-0.2, -0.15) is 23.3 Å². The van der Waals surface area contributed by atoms with Gasteiger partial charge in [0.25, 0.3) is 0 Å². The Morgan fingerprint density at radius 1 is 0.759 bits per heavy atom. The van der Waals surface area contributed by atoms with Crippen LogP contribution in [-0.2, 0) is 39.9 Å². The van der Waals surface area contributed by atoms with E-state index < -0.39 is 31.2 Å². The molecule has 29 heavy (non-hydrogen) atoms. The predicted molar refractivity (Wildman–Crippen MR) is 94.8 cm³/mol. The molecule has 0 aromatic carbocycles. The molecule has 0 spiro atoms. The number of hydrogen-bond donors (Lipinski definition) is 3. The molecule has 17 heteroatoms. The number of hydrogen-bond acceptors (Lipinski definition) is 9. The van der Waals surface area contributed by atoms with Gasteiger partial charge in [0.15, 0.2) is 0 Å². The molecule has 0 aliphatic rings. The zero-order valence-electron chi connectivity index (χ0n) is 17.0. The van der Waals surface area contributed by atoms with Gasteiger partial charge in [-0.1, -0.05) is 73.4 Å². The SMILES string of the molecule is O=S(=O)(O)O.O=S(=O)([O-])OOS(=O)(=O)O.[CH2-]CCCCCCCCCCC.[K+].[Na+]. The molecule has 0 aromatic rings. The van der Waals surface area contributed by atoms with Crippen LogP contribution in [0.1, 0.15) is 71.1 Å². The third-order valence-corrected chi connectivity index (χ3v) is 3.11. The van der Waals surface area contributed by atoms with E-state index in [0.717, 1.165) is 6.42 Å². The summed E-state index contributed by atoms with van der Waals surface area (Å²) in [6, 6.07) is 0. The molecule has 0 heterocycles. The molecule has 0 unspecified atom stereocenters. The Morgan fingerprint density at radius 3 is 1.28 bits per heavy atom.